The Morgan fingerprint density at radius 3 is 2.25 bits per heavy atom. The third-order valence-electron chi connectivity index (χ3n) is 2.05. The number of aliphatic carboxylic acids is 1. The van der Waals surface area contributed by atoms with Crippen LogP contribution in [0, 0.1) is 11.8 Å². The van der Waals surface area contributed by atoms with Crippen molar-refractivity contribution in [3.05, 3.63) is 12.3 Å². The second-order valence-corrected chi connectivity index (χ2v) is 3.01. The molecule has 0 saturated heterocycles. The van der Waals surface area contributed by atoms with Gasteiger partial charge in [0.15, 0.2) is 0 Å². The number of hydrogen-bond acceptors (Lipinski definition) is 2. The molecule has 0 radical (unpaired) electrons. The fourth-order valence-electron chi connectivity index (χ4n) is 1.13. The Bertz CT molecular complexity index is 175. The Morgan fingerprint density at radius 2 is 2.00 bits per heavy atom. The molecule has 0 spiro atoms. The summed E-state index contributed by atoms with van der Waals surface area (Å²) in [6.07, 6.45) is 1.38. The molecule has 2 unspecified atom stereocenters. The Balaban J connectivity index is 4.28. The summed E-state index contributed by atoms with van der Waals surface area (Å²) >= 11 is 0. The topological polar surface area (TPSA) is 57.5 Å². The number of hydrogen-bond donors (Lipinski definition) is 2. The first kappa shape index (κ1) is 11.0. The van der Waals surface area contributed by atoms with Gasteiger partial charge in [-0.1, -0.05) is 26.8 Å². The molecule has 0 heterocycles. The van der Waals surface area contributed by atoms with Crippen molar-refractivity contribution in [2.75, 3.05) is 0 Å². The van der Waals surface area contributed by atoms with Gasteiger partial charge >= 0.3 is 5.97 Å². The lowest BCUT2D eigenvalue weighted by atomic mass is 9.89. The summed E-state index contributed by atoms with van der Waals surface area (Å²) in [5.41, 5.74) is 0. The summed E-state index contributed by atoms with van der Waals surface area (Å²) in [5, 5.41) is 17.8. The van der Waals surface area contributed by atoms with E-state index in [1.807, 2.05) is 6.92 Å². The van der Waals surface area contributed by atoms with Crippen LogP contribution in [0.15, 0.2) is 12.3 Å². The maximum Gasteiger partial charge on any atom is 0.307 e. The Hall–Kier alpha value is -0.990. The molecule has 70 valence electrons. The van der Waals surface area contributed by atoms with Crippen LogP contribution in [-0.4, -0.2) is 16.2 Å². The maximum absolute atomic E-state index is 10.7. The average molecular weight is 172 g/mol. The summed E-state index contributed by atoms with van der Waals surface area (Å²) in [6.45, 7) is 6.93. The molecule has 0 amide bonds. The van der Waals surface area contributed by atoms with Crippen molar-refractivity contribution in [1.82, 2.24) is 0 Å². The van der Waals surface area contributed by atoms with Crippen molar-refractivity contribution in [2.24, 2.45) is 11.8 Å². The molecular formula is C9H16O3. The molecule has 12 heavy (non-hydrogen) atoms. The van der Waals surface area contributed by atoms with Crippen molar-refractivity contribution < 1.29 is 15.0 Å². The van der Waals surface area contributed by atoms with E-state index in [2.05, 4.69) is 6.58 Å². The van der Waals surface area contributed by atoms with E-state index in [0.717, 1.165) is 6.42 Å². The molecule has 0 aromatic heterocycles. The van der Waals surface area contributed by atoms with Crippen LogP contribution in [0.1, 0.15) is 26.7 Å². The zero-order valence-corrected chi connectivity index (χ0v) is 7.58. The molecule has 2 N–H and O–H groups in total. The van der Waals surface area contributed by atoms with E-state index in [-0.39, 0.29) is 11.7 Å². The summed E-state index contributed by atoms with van der Waals surface area (Å²) in [5.74, 6) is -1.77. The molecule has 0 aliphatic carbocycles. The third-order valence-corrected chi connectivity index (χ3v) is 2.05. The highest BCUT2D eigenvalue weighted by atomic mass is 16.4. The molecular weight excluding hydrogens is 156 g/mol. The highest BCUT2D eigenvalue weighted by molar-refractivity contribution is 5.70. The molecule has 3 heteroatoms. The second-order valence-electron chi connectivity index (χ2n) is 3.01. The summed E-state index contributed by atoms with van der Waals surface area (Å²) in [7, 11) is 0. The zero-order valence-electron chi connectivity index (χ0n) is 7.58. The van der Waals surface area contributed by atoms with Gasteiger partial charge in [-0.2, -0.15) is 0 Å². The van der Waals surface area contributed by atoms with E-state index in [4.69, 9.17) is 10.2 Å². The largest absolute Gasteiger partial charge is 0.513 e. The summed E-state index contributed by atoms with van der Waals surface area (Å²) in [4.78, 5) is 10.7. The first-order chi connectivity index (χ1) is 5.50. The van der Waals surface area contributed by atoms with E-state index in [1.165, 1.54) is 0 Å². The number of allylic oxidation sites excluding steroid dienone is 1. The van der Waals surface area contributed by atoms with Crippen molar-refractivity contribution >= 4 is 5.97 Å². The van der Waals surface area contributed by atoms with Crippen molar-refractivity contribution in [2.45, 2.75) is 26.7 Å². The van der Waals surface area contributed by atoms with Gasteiger partial charge in [-0.15, -0.1) is 0 Å². The standard InChI is InChI=1S/C9H16O3/c1-4-5-8(9(11)12)6(2)7(3)10/h6,8,10H,3-5H2,1-2H3,(H,11,12). The molecule has 0 rings (SSSR count). The SMILES string of the molecule is C=C(O)C(C)C(CCC)C(=O)O. The van der Waals surface area contributed by atoms with Crippen LogP contribution in [0.5, 0.6) is 0 Å². The first-order valence-corrected chi connectivity index (χ1v) is 4.11. The molecule has 0 aromatic rings. The smallest absolute Gasteiger partial charge is 0.307 e. The van der Waals surface area contributed by atoms with Gasteiger partial charge in [-0.3, -0.25) is 4.79 Å². The number of carboxylic acids is 1. The molecule has 0 saturated carbocycles. The number of rotatable bonds is 5. The molecule has 3 nitrogen and oxygen atoms in total. The van der Waals surface area contributed by atoms with Crippen LogP contribution >= 0.6 is 0 Å². The van der Waals surface area contributed by atoms with Gasteiger partial charge in [0.1, 0.15) is 0 Å². The highest BCUT2D eigenvalue weighted by Crippen LogP contribution is 2.22. The monoisotopic (exact) mass is 172 g/mol. The lowest BCUT2D eigenvalue weighted by Gasteiger charge is -2.17. The minimum atomic E-state index is -0.862. The normalized spacial score (nSPS) is 15.2. The van der Waals surface area contributed by atoms with E-state index in [0.29, 0.717) is 6.42 Å². The molecule has 0 aromatic carbocycles. The Morgan fingerprint density at radius 1 is 1.50 bits per heavy atom. The predicted octanol–water partition coefficient (Wildman–Crippen LogP) is 2.20. The Kier molecular flexibility index (Phi) is 4.40. The maximum atomic E-state index is 10.7. The van der Waals surface area contributed by atoms with Gasteiger partial charge in [0, 0.05) is 5.92 Å². The van der Waals surface area contributed by atoms with Crippen molar-refractivity contribution in [3.63, 3.8) is 0 Å². The summed E-state index contributed by atoms with van der Waals surface area (Å²) in [6, 6.07) is 0. The van der Waals surface area contributed by atoms with Gasteiger partial charge in [0.05, 0.1) is 11.7 Å². The molecule has 0 fully saturated rings. The van der Waals surface area contributed by atoms with Crippen LogP contribution in [0.3, 0.4) is 0 Å². The van der Waals surface area contributed by atoms with Crippen LogP contribution in [-0.2, 0) is 4.79 Å². The number of carboxylic acid groups (broad SMARTS) is 1. The Labute approximate surface area is 72.7 Å². The molecule has 0 aliphatic heterocycles. The van der Waals surface area contributed by atoms with Gasteiger partial charge in [0.2, 0.25) is 0 Å². The highest BCUT2D eigenvalue weighted by Gasteiger charge is 2.25. The van der Waals surface area contributed by atoms with Crippen molar-refractivity contribution in [3.8, 4) is 0 Å². The minimum absolute atomic E-state index is 0.0455. The van der Waals surface area contributed by atoms with E-state index in [1.54, 1.807) is 6.92 Å². The third kappa shape index (κ3) is 2.95. The lowest BCUT2D eigenvalue weighted by molar-refractivity contribution is -0.143. The van der Waals surface area contributed by atoms with Crippen molar-refractivity contribution in [1.29, 1.82) is 0 Å². The molecule has 0 aliphatic rings. The fourth-order valence-corrected chi connectivity index (χ4v) is 1.13. The molecule has 2 atom stereocenters. The second kappa shape index (κ2) is 4.80. The number of aliphatic hydroxyl groups excluding tert-OH is 1. The van der Waals surface area contributed by atoms with Gasteiger partial charge in [-0.25, -0.2) is 0 Å². The van der Waals surface area contributed by atoms with E-state index >= 15 is 0 Å². The van der Waals surface area contributed by atoms with Gasteiger partial charge in [0.25, 0.3) is 0 Å². The summed E-state index contributed by atoms with van der Waals surface area (Å²) < 4.78 is 0. The average Bonchev–Trinajstić information content (AvgIpc) is 1.98. The van der Waals surface area contributed by atoms with Crippen LogP contribution < -0.4 is 0 Å². The minimum Gasteiger partial charge on any atom is -0.513 e. The van der Waals surface area contributed by atoms with Crippen LogP contribution in [0.2, 0.25) is 0 Å². The number of aliphatic hydroxyl groups is 1. The quantitative estimate of drug-likeness (QED) is 0.625. The molecule has 0 bridgehead atoms. The van der Waals surface area contributed by atoms with Crippen LogP contribution in [0.25, 0.3) is 0 Å². The van der Waals surface area contributed by atoms with E-state index in [9.17, 15) is 4.79 Å². The first-order valence-electron chi connectivity index (χ1n) is 4.11. The van der Waals surface area contributed by atoms with Gasteiger partial charge in [-0.05, 0) is 6.42 Å². The van der Waals surface area contributed by atoms with Crippen LogP contribution in [0.4, 0.5) is 0 Å². The van der Waals surface area contributed by atoms with E-state index < -0.39 is 11.9 Å². The van der Waals surface area contributed by atoms with Gasteiger partial charge < -0.3 is 10.2 Å². The number of carbonyl (C=O) groups is 1. The fraction of sp³-hybridized carbons (Fsp3) is 0.667. The zero-order chi connectivity index (χ0) is 9.72. The predicted molar refractivity (Wildman–Crippen MR) is 47.0 cm³/mol. The lowest BCUT2D eigenvalue weighted by Crippen LogP contribution is -2.22.